The number of hydrogen-bond acceptors (Lipinski definition) is 7. The van der Waals surface area contributed by atoms with E-state index in [1.807, 2.05) is 25.1 Å². The van der Waals surface area contributed by atoms with E-state index in [9.17, 15) is 23.4 Å². The molecule has 0 saturated heterocycles. The second kappa shape index (κ2) is 13.4. The summed E-state index contributed by atoms with van der Waals surface area (Å²) >= 11 is 6.40. The Morgan fingerprint density at radius 2 is 2.07 bits per heavy atom. The number of fused-ring (bicyclic) bond motifs is 3. The summed E-state index contributed by atoms with van der Waals surface area (Å²) in [4.78, 5) is 15.4. The Kier molecular flexibility index (Phi) is 9.90. The number of nitrogens with zero attached hydrogens (tertiary/aromatic N) is 1. The minimum Gasteiger partial charge on any atom is -0.490 e. The molecule has 3 aliphatic rings. The molecular formula is C35H43ClN2O6S. The molecule has 2 aliphatic carbocycles. The molecule has 242 valence electrons. The van der Waals surface area contributed by atoms with E-state index in [1.165, 1.54) is 25.0 Å². The number of carbonyl (C=O) groups excluding carboxylic acids is 1. The van der Waals surface area contributed by atoms with Gasteiger partial charge in [-0.1, -0.05) is 42.5 Å². The smallest absolute Gasteiger partial charge is 0.264 e. The van der Waals surface area contributed by atoms with E-state index in [0.717, 1.165) is 38.5 Å². The van der Waals surface area contributed by atoms with Crippen LogP contribution in [0.5, 0.6) is 5.75 Å². The maximum Gasteiger partial charge on any atom is 0.264 e. The van der Waals surface area contributed by atoms with Crippen molar-refractivity contribution in [1.82, 2.24) is 4.72 Å². The predicted molar refractivity (Wildman–Crippen MR) is 177 cm³/mol. The summed E-state index contributed by atoms with van der Waals surface area (Å²) in [5.41, 5.74) is 1.64. The van der Waals surface area contributed by atoms with Crippen LogP contribution in [0.2, 0.25) is 5.02 Å². The second-order valence-corrected chi connectivity index (χ2v) is 15.5. The molecule has 0 radical (unpaired) electrons. The minimum atomic E-state index is -3.82. The van der Waals surface area contributed by atoms with Gasteiger partial charge in [-0.15, -0.1) is 0 Å². The third kappa shape index (κ3) is 6.90. The predicted octanol–water partition coefficient (Wildman–Crippen LogP) is 5.00. The first-order chi connectivity index (χ1) is 21.4. The zero-order valence-corrected chi connectivity index (χ0v) is 27.8. The molecule has 0 aromatic heterocycles. The van der Waals surface area contributed by atoms with Gasteiger partial charge >= 0.3 is 0 Å². The normalized spacial score (nSPS) is 24.0. The zero-order chi connectivity index (χ0) is 32.4. The molecular weight excluding hydrogens is 612 g/mol. The third-order valence-corrected chi connectivity index (χ3v) is 11.5. The highest BCUT2D eigenvalue weighted by molar-refractivity contribution is 7.90. The van der Waals surface area contributed by atoms with E-state index in [2.05, 4.69) is 27.5 Å². The monoisotopic (exact) mass is 654 g/mol. The van der Waals surface area contributed by atoms with Gasteiger partial charge in [0.2, 0.25) is 10.0 Å². The van der Waals surface area contributed by atoms with Crippen LogP contribution in [-0.2, 0) is 21.9 Å². The average Bonchev–Trinajstić information content (AvgIpc) is 3.13. The molecule has 1 heterocycles. The number of nitrogens with one attached hydrogen (secondary N) is 1. The summed E-state index contributed by atoms with van der Waals surface area (Å²) in [6.45, 7) is 6.33. The quantitative estimate of drug-likeness (QED) is 0.271. The number of carbonyl (C=O) groups is 1. The fourth-order valence-electron chi connectivity index (χ4n) is 6.95. The lowest BCUT2D eigenvalue weighted by atomic mass is 9.64. The Hall–Kier alpha value is -3.03. The number of anilines is 1. The first-order valence-corrected chi connectivity index (χ1v) is 17.7. The van der Waals surface area contributed by atoms with Crippen molar-refractivity contribution >= 4 is 33.2 Å². The van der Waals surface area contributed by atoms with Crippen molar-refractivity contribution in [2.75, 3.05) is 31.2 Å². The lowest BCUT2D eigenvalue weighted by Gasteiger charge is -2.47. The fraction of sp³-hybridized carbons (Fsp3) is 0.514. The Balaban J connectivity index is 1.54. The van der Waals surface area contributed by atoms with Crippen LogP contribution in [0.25, 0.3) is 0 Å². The topological polar surface area (TPSA) is 116 Å². The molecule has 5 rings (SSSR count). The molecule has 8 nitrogen and oxygen atoms in total. The number of rotatable bonds is 8. The summed E-state index contributed by atoms with van der Waals surface area (Å²) in [6, 6.07) is 11.1. The number of aliphatic hydroxyl groups excluding tert-OH is 1. The van der Waals surface area contributed by atoms with Gasteiger partial charge < -0.3 is 19.8 Å². The van der Waals surface area contributed by atoms with Gasteiger partial charge in [0.15, 0.2) is 0 Å². The summed E-state index contributed by atoms with van der Waals surface area (Å²) in [5, 5.41) is 21.0. The summed E-state index contributed by atoms with van der Waals surface area (Å²) in [7, 11) is -3.82. The highest BCUT2D eigenvalue weighted by Gasteiger charge is 2.47. The Morgan fingerprint density at radius 3 is 2.76 bits per heavy atom. The van der Waals surface area contributed by atoms with Crippen LogP contribution in [-0.4, -0.2) is 61.7 Å². The minimum absolute atomic E-state index is 0.0691. The van der Waals surface area contributed by atoms with Crippen molar-refractivity contribution in [2.45, 2.75) is 75.6 Å². The molecule has 2 aromatic carbocycles. The fourth-order valence-corrected chi connectivity index (χ4v) is 7.75. The number of ether oxygens (including phenoxy) is 1. The lowest BCUT2D eigenvalue weighted by Crippen LogP contribution is -2.52. The van der Waals surface area contributed by atoms with Crippen LogP contribution in [0.1, 0.15) is 74.4 Å². The van der Waals surface area contributed by atoms with Crippen molar-refractivity contribution in [3.05, 3.63) is 70.3 Å². The lowest BCUT2D eigenvalue weighted by molar-refractivity contribution is -0.00327. The van der Waals surface area contributed by atoms with E-state index in [4.69, 9.17) is 16.3 Å². The van der Waals surface area contributed by atoms with E-state index in [0.29, 0.717) is 36.2 Å². The van der Waals surface area contributed by atoms with Crippen LogP contribution >= 0.6 is 11.6 Å². The number of hydrogen-bond donors (Lipinski definition) is 3. The highest BCUT2D eigenvalue weighted by atomic mass is 35.5. The third-order valence-electron chi connectivity index (χ3n) is 9.57. The molecule has 1 spiro atoms. The number of aryl methyl sites for hydroxylation is 1. The molecule has 1 saturated carbocycles. The van der Waals surface area contributed by atoms with E-state index in [-0.39, 0.29) is 29.4 Å². The first-order valence-electron chi connectivity index (χ1n) is 15.8. The molecule has 2 aromatic rings. The Morgan fingerprint density at radius 1 is 1.27 bits per heavy atom. The largest absolute Gasteiger partial charge is 0.490 e. The molecule has 45 heavy (non-hydrogen) atoms. The maximum absolute atomic E-state index is 13.2. The maximum atomic E-state index is 13.2. The second-order valence-electron chi connectivity index (χ2n) is 12.9. The SMILES string of the molecule is CC/C=C/[C@@](O)(C#CCO)[C@@H]1CC[C@H]1CN1C[C@@]2(CCCc3cc(Cl)ccc32)COc2ccc(C(=O)NS(=O)(=O)C(C)C)cc21. The van der Waals surface area contributed by atoms with Crippen molar-refractivity contribution in [3.63, 3.8) is 0 Å². The highest BCUT2D eigenvalue weighted by Crippen LogP contribution is 2.48. The molecule has 3 N–H and O–H groups in total. The Bertz CT molecular complexity index is 1630. The number of benzene rings is 2. The molecule has 1 fully saturated rings. The van der Waals surface area contributed by atoms with Gasteiger partial charge in [0.1, 0.15) is 18.0 Å². The van der Waals surface area contributed by atoms with Gasteiger partial charge in [-0.25, -0.2) is 13.1 Å². The van der Waals surface area contributed by atoms with Gasteiger partial charge in [-0.3, -0.25) is 4.79 Å². The first kappa shape index (κ1) is 33.3. The molecule has 4 atom stereocenters. The van der Waals surface area contributed by atoms with Gasteiger partial charge in [-0.2, -0.15) is 0 Å². The van der Waals surface area contributed by atoms with Crippen LogP contribution in [0, 0.1) is 23.7 Å². The van der Waals surface area contributed by atoms with Crippen LogP contribution in [0.15, 0.2) is 48.6 Å². The van der Waals surface area contributed by atoms with Gasteiger partial charge in [0.05, 0.1) is 17.5 Å². The number of halogens is 1. The van der Waals surface area contributed by atoms with E-state index < -0.39 is 26.8 Å². The number of amides is 1. The van der Waals surface area contributed by atoms with E-state index >= 15 is 0 Å². The van der Waals surface area contributed by atoms with E-state index in [1.54, 1.807) is 24.3 Å². The van der Waals surface area contributed by atoms with Crippen LogP contribution in [0.3, 0.4) is 0 Å². The summed E-state index contributed by atoms with van der Waals surface area (Å²) in [6.07, 6.45) is 8.90. The van der Waals surface area contributed by atoms with Crippen LogP contribution < -0.4 is 14.4 Å². The number of sulfonamides is 1. The van der Waals surface area contributed by atoms with Crippen LogP contribution in [0.4, 0.5) is 5.69 Å². The van der Waals surface area contributed by atoms with Crippen molar-refractivity contribution in [1.29, 1.82) is 0 Å². The number of allylic oxidation sites excluding steroid dienone is 1. The average molecular weight is 655 g/mol. The molecule has 0 bridgehead atoms. The zero-order valence-electron chi connectivity index (χ0n) is 26.2. The van der Waals surface area contributed by atoms with Crippen molar-refractivity contribution in [2.24, 2.45) is 11.8 Å². The molecule has 0 unspecified atom stereocenters. The molecule has 10 heteroatoms. The van der Waals surface area contributed by atoms with Gasteiger partial charge in [-0.05, 0) is 106 Å². The van der Waals surface area contributed by atoms with Crippen molar-refractivity contribution < 1.29 is 28.2 Å². The Labute approximate surface area is 271 Å². The molecule has 1 amide bonds. The van der Waals surface area contributed by atoms with Crippen molar-refractivity contribution in [3.8, 4) is 17.6 Å². The van der Waals surface area contributed by atoms with Gasteiger partial charge in [0.25, 0.3) is 5.91 Å². The molecule has 1 aliphatic heterocycles. The standard InChI is InChI=1S/C35H43ClN2O6S/c1-4-5-16-35(41,17-7-18-39)30-12-9-27(30)21-38-22-34(15-6-8-25-19-28(36)11-13-29(25)34)23-44-32-14-10-26(20-31(32)38)33(40)37-45(42,43)24(2)3/h5,10-11,13-14,16,19-20,24,27,30,39,41H,4,6,8-9,12,15,18,21-23H2,1-3H3,(H,37,40)/b16-5+/t27-,30+,34-,35+/m0/s1. The number of aliphatic hydroxyl groups is 2. The summed E-state index contributed by atoms with van der Waals surface area (Å²) in [5.74, 6) is 5.43. The summed E-state index contributed by atoms with van der Waals surface area (Å²) < 4.78 is 33.7. The van der Waals surface area contributed by atoms with Gasteiger partial charge in [0, 0.05) is 35.0 Å².